The molecular formula is C23H23N3O. The predicted molar refractivity (Wildman–Crippen MR) is 106 cm³/mol. The van der Waals surface area contributed by atoms with Gasteiger partial charge in [-0.1, -0.05) is 48.5 Å². The van der Waals surface area contributed by atoms with Crippen LogP contribution >= 0.6 is 0 Å². The Balaban J connectivity index is 1.38. The van der Waals surface area contributed by atoms with E-state index in [1.165, 1.54) is 5.56 Å². The Morgan fingerprint density at radius 2 is 1.74 bits per heavy atom. The van der Waals surface area contributed by atoms with E-state index in [-0.39, 0.29) is 5.91 Å². The maximum Gasteiger partial charge on any atom is 0.242 e. The number of para-hydroxylation sites is 1. The Morgan fingerprint density at radius 1 is 1.04 bits per heavy atom. The Hall–Kier alpha value is -3.06. The molecule has 1 aliphatic rings. The van der Waals surface area contributed by atoms with Crippen LogP contribution in [0.2, 0.25) is 0 Å². The van der Waals surface area contributed by atoms with Crippen LogP contribution in [0.15, 0.2) is 60.8 Å². The SMILES string of the molecule is N#Cc1cn(CC(=O)N2CCC(Cc3ccccc3)CC2)c2ccccc12. The molecule has 0 bridgehead atoms. The van der Waals surface area contributed by atoms with Crippen molar-refractivity contribution in [1.82, 2.24) is 9.47 Å². The van der Waals surface area contributed by atoms with E-state index in [1.54, 1.807) is 6.20 Å². The lowest BCUT2D eigenvalue weighted by molar-refractivity contribution is -0.133. The normalized spacial score (nSPS) is 15.0. The largest absolute Gasteiger partial charge is 0.341 e. The Kier molecular flexibility index (Phi) is 4.93. The molecule has 1 fully saturated rings. The van der Waals surface area contributed by atoms with Crippen LogP contribution in [0.3, 0.4) is 0 Å². The van der Waals surface area contributed by atoms with Crippen molar-refractivity contribution in [3.63, 3.8) is 0 Å². The number of amides is 1. The van der Waals surface area contributed by atoms with E-state index in [1.807, 2.05) is 39.8 Å². The number of aromatic nitrogens is 1. The summed E-state index contributed by atoms with van der Waals surface area (Å²) >= 11 is 0. The van der Waals surface area contributed by atoms with E-state index in [2.05, 4.69) is 30.3 Å². The summed E-state index contributed by atoms with van der Waals surface area (Å²) < 4.78 is 1.91. The first-order valence-corrected chi connectivity index (χ1v) is 9.54. The first-order valence-electron chi connectivity index (χ1n) is 9.54. The molecule has 0 saturated carbocycles. The average Bonchev–Trinajstić information content (AvgIpc) is 3.07. The van der Waals surface area contributed by atoms with E-state index >= 15 is 0 Å². The van der Waals surface area contributed by atoms with Gasteiger partial charge in [-0.3, -0.25) is 4.79 Å². The number of nitrogens with zero attached hydrogens (tertiary/aromatic N) is 3. The first kappa shape index (κ1) is 17.4. The third-order valence-electron chi connectivity index (χ3n) is 5.55. The quantitative estimate of drug-likeness (QED) is 0.709. The van der Waals surface area contributed by atoms with Gasteiger partial charge in [0.15, 0.2) is 0 Å². The molecule has 4 rings (SSSR count). The monoisotopic (exact) mass is 357 g/mol. The number of nitriles is 1. The minimum atomic E-state index is 0.137. The number of carbonyl (C=O) groups excluding carboxylic acids is 1. The van der Waals surface area contributed by atoms with Gasteiger partial charge < -0.3 is 9.47 Å². The number of rotatable bonds is 4. The summed E-state index contributed by atoms with van der Waals surface area (Å²) in [7, 11) is 0. The summed E-state index contributed by atoms with van der Waals surface area (Å²) in [6.07, 6.45) is 4.99. The number of fused-ring (bicyclic) bond motifs is 1. The molecule has 0 unspecified atom stereocenters. The second kappa shape index (κ2) is 7.67. The van der Waals surface area contributed by atoms with Crippen molar-refractivity contribution in [3.8, 4) is 6.07 Å². The number of hydrogen-bond donors (Lipinski definition) is 0. The maximum absolute atomic E-state index is 12.8. The predicted octanol–water partition coefficient (Wildman–Crippen LogP) is 3.99. The van der Waals surface area contributed by atoms with E-state index < -0.39 is 0 Å². The van der Waals surface area contributed by atoms with Crippen LogP contribution in [0.25, 0.3) is 10.9 Å². The van der Waals surface area contributed by atoms with Crippen molar-refractivity contribution < 1.29 is 4.79 Å². The van der Waals surface area contributed by atoms with Crippen molar-refractivity contribution in [3.05, 3.63) is 71.9 Å². The van der Waals surface area contributed by atoms with Gasteiger partial charge in [0.1, 0.15) is 12.6 Å². The van der Waals surface area contributed by atoms with Crippen LogP contribution in [0.4, 0.5) is 0 Å². The average molecular weight is 357 g/mol. The summed E-state index contributed by atoms with van der Waals surface area (Å²) in [4.78, 5) is 14.8. The molecular weight excluding hydrogens is 334 g/mol. The number of carbonyl (C=O) groups is 1. The molecule has 0 aliphatic carbocycles. The summed E-state index contributed by atoms with van der Waals surface area (Å²) in [5, 5.41) is 10.2. The van der Waals surface area contributed by atoms with E-state index in [0.717, 1.165) is 43.3 Å². The molecule has 4 nitrogen and oxygen atoms in total. The van der Waals surface area contributed by atoms with Gasteiger partial charge in [-0.05, 0) is 36.8 Å². The lowest BCUT2D eigenvalue weighted by Gasteiger charge is -2.32. The number of piperidine rings is 1. The first-order chi connectivity index (χ1) is 13.2. The van der Waals surface area contributed by atoms with Crippen molar-refractivity contribution >= 4 is 16.8 Å². The summed E-state index contributed by atoms with van der Waals surface area (Å²) in [5.41, 5.74) is 2.95. The smallest absolute Gasteiger partial charge is 0.242 e. The molecule has 1 amide bonds. The molecule has 0 spiro atoms. The van der Waals surface area contributed by atoms with Crippen molar-refractivity contribution in [2.45, 2.75) is 25.8 Å². The Bertz CT molecular complexity index is 976. The maximum atomic E-state index is 12.8. The van der Waals surface area contributed by atoms with E-state index in [9.17, 15) is 10.1 Å². The zero-order valence-corrected chi connectivity index (χ0v) is 15.3. The highest BCUT2D eigenvalue weighted by Gasteiger charge is 2.23. The lowest BCUT2D eigenvalue weighted by atomic mass is 9.90. The highest BCUT2D eigenvalue weighted by molar-refractivity contribution is 5.88. The molecule has 136 valence electrons. The summed E-state index contributed by atoms with van der Waals surface area (Å²) in [6, 6.07) is 20.6. The van der Waals surface area contributed by atoms with Gasteiger partial charge in [0.25, 0.3) is 0 Å². The molecule has 1 saturated heterocycles. The highest BCUT2D eigenvalue weighted by Crippen LogP contribution is 2.23. The van der Waals surface area contributed by atoms with Crippen LogP contribution in [0.5, 0.6) is 0 Å². The molecule has 27 heavy (non-hydrogen) atoms. The van der Waals surface area contributed by atoms with Crippen LogP contribution in [-0.4, -0.2) is 28.5 Å². The summed E-state index contributed by atoms with van der Waals surface area (Å²) in [5.74, 6) is 0.785. The minimum absolute atomic E-state index is 0.137. The van der Waals surface area contributed by atoms with Gasteiger partial charge in [-0.15, -0.1) is 0 Å². The molecule has 2 aromatic carbocycles. The van der Waals surface area contributed by atoms with Crippen molar-refractivity contribution in [2.24, 2.45) is 5.92 Å². The molecule has 2 heterocycles. The third kappa shape index (κ3) is 3.73. The van der Waals surface area contributed by atoms with E-state index in [4.69, 9.17) is 0 Å². The van der Waals surface area contributed by atoms with E-state index in [0.29, 0.717) is 18.0 Å². The molecule has 3 aromatic rings. The zero-order chi connectivity index (χ0) is 18.6. The fourth-order valence-electron chi connectivity index (χ4n) is 4.05. The zero-order valence-electron chi connectivity index (χ0n) is 15.3. The lowest BCUT2D eigenvalue weighted by Crippen LogP contribution is -2.40. The fraction of sp³-hybridized carbons (Fsp3) is 0.304. The third-order valence-corrected chi connectivity index (χ3v) is 5.55. The number of benzene rings is 2. The number of hydrogen-bond acceptors (Lipinski definition) is 2. The second-order valence-electron chi connectivity index (χ2n) is 7.31. The Labute approximate surface area is 159 Å². The van der Waals surface area contributed by atoms with Crippen LogP contribution in [-0.2, 0) is 17.8 Å². The molecule has 1 aliphatic heterocycles. The van der Waals surface area contributed by atoms with Crippen LogP contribution in [0, 0.1) is 17.2 Å². The molecule has 0 radical (unpaired) electrons. The van der Waals surface area contributed by atoms with Crippen LogP contribution in [0.1, 0.15) is 24.0 Å². The van der Waals surface area contributed by atoms with Crippen LogP contribution < -0.4 is 0 Å². The van der Waals surface area contributed by atoms with Gasteiger partial charge in [0.05, 0.1) is 5.56 Å². The van der Waals surface area contributed by atoms with Gasteiger partial charge in [0.2, 0.25) is 5.91 Å². The second-order valence-corrected chi connectivity index (χ2v) is 7.31. The fourth-order valence-corrected chi connectivity index (χ4v) is 4.05. The minimum Gasteiger partial charge on any atom is -0.341 e. The highest BCUT2D eigenvalue weighted by atomic mass is 16.2. The topological polar surface area (TPSA) is 49.0 Å². The molecule has 0 atom stereocenters. The summed E-state index contributed by atoms with van der Waals surface area (Å²) in [6.45, 7) is 1.94. The van der Waals surface area contributed by atoms with Gasteiger partial charge >= 0.3 is 0 Å². The molecule has 4 heteroatoms. The van der Waals surface area contributed by atoms with Gasteiger partial charge in [0, 0.05) is 30.2 Å². The number of likely N-dealkylation sites (tertiary alicyclic amines) is 1. The van der Waals surface area contributed by atoms with Gasteiger partial charge in [-0.2, -0.15) is 5.26 Å². The molecule has 1 aromatic heterocycles. The van der Waals surface area contributed by atoms with Gasteiger partial charge in [-0.25, -0.2) is 0 Å². The molecule has 0 N–H and O–H groups in total. The van der Waals surface area contributed by atoms with Crippen molar-refractivity contribution in [2.75, 3.05) is 13.1 Å². The standard InChI is InChI=1S/C23H23N3O/c24-15-20-16-26(22-9-5-4-8-21(20)22)17-23(27)25-12-10-19(11-13-25)14-18-6-2-1-3-7-18/h1-9,16,19H,10-14,17H2. The van der Waals surface area contributed by atoms with Crippen molar-refractivity contribution in [1.29, 1.82) is 5.26 Å². The Morgan fingerprint density at radius 3 is 2.48 bits per heavy atom.